The maximum Gasteiger partial charge on any atom is 0.235 e. The maximum atomic E-state index is 13.9. The van der Waals surface area contributed by atoms with Crippen molar-refractivity contribution in [1.82, 2.24) is 9.80 Å². The number of likely N-dealkylation sites (tertiary alicyclic amines) is 1. The number of benzene rings is 1. The zero-order chi connectivity index (χ0) is 27.7. The number of aliphatic hydroxyl groups is 2. The summed E-state index contributed by atoms with van der Waals surface area (Å²) in [4.78, 5) is 69.7. The molecular weight excluding hydrogens is 494 g/mol. The van der Waals surface area contributed by atoms with Crippen molar-refractivity contribution in [3.63, 3.8) is 0 Å². The van der Waals surface area contributed by atoms with Gasteiger partial charge in [0.15, 0.2) is 34.7 Å². The van der Waals surface area contributed by atoms with E-state index in [2.05, 4.69) is 4.90 Å². The highest BCUT2D eigenvalue weighted by Gasteiger charge is 2.72. The van der Waals surface area contributed by atoms with Gasteiger partial charge in [0.05, 0.1) is 29.5 Å². The molecule has 204 valence electrons. The van der Waals surface area contributed by atoms with Crippen LogP contribution in [0.4, 0.5) is 0 Å². The number of amides is 1. The largest absolute Gasteiger partial charge is 0.507 e. The van der Waals surface area contributed by atoms with E-state index in [0.29, 0.717) is 17.7 Å². The van der Waals surface area contributed by atoms with Crippen molar-refractivity contribution in [2.24, 2.45) is 29.4 Å². The normalized spacial score (nSPS) is 35.6. The van der Waals surface area contributed by atoms with Gasteiger partial charge in [0.1, 0.15) is 5.75 Å². The van der Waals surface area contributed by atoms with Gasteiger partial charge in [0.25, 0.3) is 0 Å². The van der Waals surface area contributed by atoms with Gasteiger partial charge < -0.3 is 21.1 Å². The number of fused-ring (bicyclic) bond motifs is 3. The Balaban J connectivity index is 1.58. The van der Waals surface area contributed by atoms with Crippen molar-refractivity contribution in [3.8, 4) is 5.75 Å². The van der Waals surface area contributed by atoms with Crippen LogP contribution in [0.1, 0.15) is 40.7 Å². The quantitative estimate of drug-likeness (QED) is 0.349. The Morgan fingerprint density at radius 1 is 1.11 bits per heavy atom. The minimum absolute atomic E-state index is 0.0184. The molecule has 0 radical (unpaired) electrons. The van der Waals surface area contributed by atoms with Gasteiger partial charge in [-0.05, 0) is 52.0 Å². The fraction of sp³-hybridized carbons (Fsp3) is 0.593. The highest BCUT2D eigenvalue weighted by Crippen LogP contribution is 2.51. The third-order valence-electron chi connectivity index (χ3n) is 8.95. The Morgan fingerprint density at radius 3 is 2.37 bits per heavy atom. The van der Waals surface area contributed by atoms with E-state index in [1.807, 2.05) is 0 Å². The number of carbonyl (C=O) groups excluding carboxylic acids is 5. The van der Waals surface area contributed by atoms with E-state index >= 15 is 0 Å². The number of ketones is 4. The van der Waals surface area contributed by atoms with Gasteiger partial charge in [-0.1, -0.05) is 18.6 Å². The Labute approximate surface area is 219 Å². The number of aromatic hydroxyl groups is 1. The summed E-state index contributed by atoms with van der Waals surface area (Å²) in [5.41, 5.74) is 3.26. The van der Waals surface area contributed by atoms with Crippen LogP contribution < -0.4 is 5.73 Å². The topological polar surface area (TPSA) is 179 Å². The molecule has 1 aromatic rings. The number of hydrogen-bond acceptors (Lipinski definition) is 10. The van der Waals surface area contributed by atoms with Crippen LogP contribution >= 0.6 is 0 Å². The van der Waals surface area contributed by atoms with Crippen LogP contribution in [0.25, 0.3) is 0 Å². The number of nitrogens with zero attached hydrogens (tertiary/aromatic N) is 2. The number of likely N-dealkylation sites (N-methyl/N-ethyl adjacent to an activating group) is 1. The molecule has 1 amide bonds. The Bertz CT molecular complexity index is 1240. The zero-order valence-corrected chi connectivity index (χ0v) is 21.4. The monoisotopic (exact) mass is 527 g/mol. The Hall–Kier alpha value is -2.99. The molecule has 11 heteroatoms. The molecule has 5 N–H and O–H groups in total. The lowest BCUT2D eigenvalue weighted by Crippen LogP contribution is -2.77. The van der Waals surface area contributed by atoms with Crippen LogP contribution in [-0.2, 0) is 32.1 Å². The summed E-state index contributed by atoms with van der Waals surface area (Å²) in [7, 11) is 2.92. The van der Waals surface area contributed by atoms with Gasteiger partial charge in [0, 0.05) is 18.0 Å². The predicted molar refractivity (Wildman–Crippen MR) is 132 cm³/mol. The first kappa shape index (κ1) is 26.6. The average molecular weight is 528 g/mol. The number of rotatable bonds is 4. The van der Waals surface area contributed by atoms with Crippen molar-refractivity contribution >= 4 is 29.0 Å². The molecule has 0 spiro atoms. The molecule has 5 rings (SSSR count). The highest BCUT2D eigenvalue weighted by atomic mass is 16.3. The fourth-order valence-electron chi connectivity index (χ4n) is 7.12. The van der Waals surface area contributed by atoms with E-state index in [4.69, 9.17) is 5.73 Å². The number of aliphatic hydroxyl groups excluding tert-OH is 1. The lowest BCUT2D eigenvalue weighted by atomic mass is 9.51. The average Bonchev–Trinajstić information content (AvgIpc) is 2.86. The number of phenols is 1. The van der Waals surface area contributed by atoms with E-state index in [1.165, 1.54) is 19.0 Å². The molecule has 1 heterocycles. The molecule has 11 nitrogen and oxygen atoms in total. The van der Waals surface area contributed by atoms with Crippen molar-refractivity contribution in [1.29, 1.82) is 0 Å². The molecule has 2 saturated carbocycles. The van der Waals surface area contributed by atoms with E-state index in [-0.39, 0.29) is 17.7 Å². The molecule has 1 saturated heterocycles. The highest BCUT2D eigenvalue weighted by molar-refractivity contribution is 6.32. The predicted octanol–water partition coefficient (Wildman–Crippen LogP) is -1.18. The van der Waals surface area contributed by atoms with Crippen LogP contribution in [0.2, 0.25) is 0 Å². The SMILES string of the molecule is CN(C)[C@@H]1C(=O)C(C(N)=O)C(=O)[C@@]2(O)C(=O)C3C(=O)c4c(ccc(CN5CCCCC5)c4O)C[C@H]3[C@H](O)[C@@H]12. The van der Waals surface area contributed by atoms with Crippen LogP contribution in [0.3, 0.4) is 0 Å². The van der Waals surface area contributed by atoms with Gasteiger partial charge in [-0.3, -0.25) is 33.8 Å². The molecule has 38 heavy (non-hydrogen) atoms. The lowest BCUT2D eigenvalue weighted by Gasteiger charge is -2.54. The van der Waals surface area contributed by atoms with Gasteiger partial charge in [0.2, 0.25) is 5.91 Å². The third-order valence-corrected chi connectivity index (χ3v) is 8.95. The van der Waals surface area contributed by atoms with Gasteiger partial charge >= 0.3 is 0 Å². The number of Topliss-reactive ketones (excluding diaryl/α,β-unsaturated/α-hetero) is 4. The molecule has 1 aromatic carbocycles. The van der Waals surface area contributed by atoms with Gasteiger partial charge in [-0.25, -0.2) is 0 Å². The summed E-state index contributed by atoms with van der Waals surface area (Å²) >= 11 is 0. The molecule has 0 aromatic heterocycles. The Kier molecular flexibility index (Phi) is 6.54. The first-order chi connectivity index (χ1) is 17.9. The van der Waals surface area contributed by atoms with Crippen molar-refractivity contribution in [3.05, 3.63) is 28.8 Å². The standard InChI is InChI=1S/C27H33N3O8/c1-29(2)19-18-21(32)14-10-12-6-7-13(11-30-8-4-3-5-9-30)20(31)15(12)22(33)16(14)24(35)27(18,38)25(36)17(23(19)34)26(28)37/h6-7,14,16-19,21,31-32,38H,3-5,8-11H2,1-2H3,(H2,28,37)/t14-,16?,17?,18-,19+,21+,27+/m1/s1. The molecular formula is C27H33N3O8. The minimum Gasteiger partial charge on any atom is -0.507 e. The lowest BCUT2D eigenvalue weighted by molar-refractivity contribution is -0.195. The number of piperidine rings is 1. The van der Waals surface area contributed by atoms with E-state index < -0.39 is 70.5 Å². The molecule has 0 bridgehead atoms. The zero-order valence-electron chi connectivity index (χ0n) is 21.4. The van der Waals surface area contributed by atoms with E-state index in [0.717, 1.165) is 32.4 Å². The van der Waals surface area contributed by atoms with E-state index in [1.54, 1.807) is 12.1 Å². The first-order valence-electron chi connectivity index (χ1n) is 13.0. The summed E-state index contributed by atoms with van der Waals surface area (Å²) in [6.45, 7) is 2.15. The fourth-order valence-corrected chi connectivity index (χ4v) is 7.12. The summed E-state index contributed by atoms with van der Waals surface area (Å²) in [5.74, 6) is -12.2. The Morgan fingerprint density at radius 2 is 1.76 bits per heavy atom. The van der Waals surface area contributed by atoms with E-state index in [9.17, 15) is 39.3 Å². The number of primary amides is 1. The number of phenolic OH excluding ortho intramolecular Hbond substituents is 1. The molecule has 3 aliphatic carbocycles. The summed E-state index contributed by atoms with van der Waals surface area (Å²) in [6, 6.07) is 2.06. The second kappa shape index (κ2) is 9.33. The number of hydrogen-bond donors (Lipinski definition) is 4. The minimum atomic E-state index is -2.97. The molecule has 3 fully saturated rings. The first-order valence-corrected chi connectivity index (χ1v) is 13.0. The van der Waals surface area contributed by atoms with Gasteiger partial charge in [-0.2, -0.15) is 0 Å². The second-order valence-corrected chi connectivity index (χ2v) is 11.3. The summed E-state index contributed by atoms with van der Waals surface area (Å²) in [5, 5.41) is 34.2. The third kappa shape index (κ3) is 3.67. The molecule has 1 aliphatic heterocycles. The van der Waals surface area contributed by atoms with Crippen LogP contribution in [0.5, 0.6) is 5.75 Å². The molecule has 7 atom stereocenters. The summed E-state index contributed by atoms with van der Waals surface area (Å²) < 4.78 is 0. The molecule has 4 aliphatic rings. The maximum absolute atomic E-state index is 13.9. The van der Waals surface area contributed by atoms with Crippen LogP contribution in [-0.4, -0.2) is 99.1 Å². The van der Waals surface area contributed by atoms with Crippen LogP contribution in [0.15, 0.2) is 12.1 Å². The number of carbonyl (C=O) groups is 5. The van der Waals surface area contributed by atoms with Crippen LogP contribution in [0, 0.1) is 23.7 Å². The van der Waals surface area contributed by atoms with Crippen molar-refractivity contribution < 1.29 is 39.3 Å². The number of nitrogens with two attached hydrogens (primary N) is 1. The van der Waals surface area contributed by atoms with Crippen molar-refractivity contribution in [2.75, 3.05) is 27.2 Å². The molecule has 2 unspecified atom stereocenters. The smallest absolute Gasteiger partial charge is 0.235 e. The summed E-state index contributed by atoms with van der Waals surface area (Å²) in [6.07, 6.45) is 1.63. The van der Waals surface area contributed by atoms with Crippen molar-refractivity contribution in [2.45, 2.75) is 50.0 Å². The van der Waals surface area contributed by atoms with Gasteiger partial charge in [-0.15, -0.1) is 0 Å². The second-order valence-electron chi connectivity index (χ2n) is 11.3.